The van der Waals surface area contributed by atoms with Crippen LogP contribution in [0.5, 0.6) is 0 Å². The Morgan fingerprint density at radius 3 is 2.36 bits per heavy atom. The van der Waals surface area contributed by atoms with Crippen molar-refractivity contribution in [1.29, 1.82) is 0 Å². The van der Waals surface area contributed by atoms with Crippen molar-refractivity contribution in [3.05, 3.63) is 35.1 Å². The van der Waals surface area contributed by atoms with Crippen LogP contribution in [-0.2, 0) is 5.41 Å². The molecule has 0 aliphatic rings. The Balaban J connectivity index is 3.37. The molecule has 14 heavy (non-hydrogen) atoms. The Labute approximate surface area is 82.4 Å². The lowest BCUT2D eigenvalue weighted by Gasteiger charge is -2.21. The molecule has 0 amide bonds. The van der Waals surface area contributed by atoms with Crippen molar-refractivity contribution < 1.29 is 14.3 Å². The second kappa shape index (κ2) is 3.40. The second-order valence-electron chi connectivity index (χ2n) is 4.25. The van der Waals surface area contributed by atoms with E-state index in [1.807, 2.05) is 20.8 Å². The van der Waals surface area contributed by atoms with Crippen LogP contribution in [0.3, 0.4) is 0 Å². The topological polar surface area (TPSA) is 37.3 Å². The molecule has 3 heteroatoms. The normalized spacial score (nSPS) is 11.4. The molecule has 0 aliphatic carbocycles. The van der Waals surface area contributed by atoms with E-state index in [0.29, 0.717) is 5.56 Å². The van der Waals surface area contributed by atoms with Crippen LogP contribution in [0.15, 0.2) is 18.2 Å². The van der Waals surface area contributed by atoms with E-state index in [4.69, 9.17) is 5.11 Å². The van der Waals surface area contributed by atoms with Crippen molar-refractivity contribution >= 4 is 5.97 Å². The molecular formula is C11H13FO2. The van der Waals surface area contributed by atoms with Gasteiger partial charge in [0.2, 0.25) is 0 Å². The summed E-state index contributed by atoms with van der Waals surface area (Å²) in [5, 5.41) is 8.89. The highest BCUT2D eigenvalue weighted by Gasteiger charge is 2.21. The van der Waals surface area contributed by atoms with Gasteiger partial charge in [0.25, 0.3) is 0 Å². The number of carboxylic acids is 1. The van der Waals surface area contributed by atoms with Crippen molar-refractivity contribution in [3.8, 4) is 0 Å². The summed E-state index contributed by atoms with van der Waals surface area (Å²) in [7, 11) is 0. The Hall–Kier alpha value is -1.38. The molecule has 0 saturated carbocycles. The fourth-order valence-electron chi connectivity index (χ4n) is 1.35. The summed E-state index contributed by atoms with van der Waals surface area (Å²) in [5.41, 5.74) is 0.394. The summed E-state index contributed by atoms with van der Waals surface area (Å²) < 4.78 is 12.8. The molecule has 0 bridgehead atoms. The molecule has 0 aliphatic heterocycles. The monoisotopic (exact) mass is 196 g/mol. The summed E-state index contributed by atoms with van der Waals surface area (Å²) >= 11 is 0. The van der Waals surface area contributed by atoms with Gasteiger partial charge in [-0.3, -0.25) is 0 Å². The molecule has 1 aromatic rings. The smallest absolute Gasteiger partial charge is 0.336 e. The summed E-state index contributed by atoms with van der Waals surface area (Å²) in [6.45, 7) is 5.69. The average molecular weight is 196 g/mol. The summed E-state index contributed by atoms with van der Waals surface area (Å²) in [6, 6.07) is 3.87. The predicted octanol–water partition coefficient (Wildman–Crippen LogP) is 2.82. The maximum atomic E-state index is 12.8. The van der Waals surface area contributed by atoms with E-state index < -0.39 is 11.8 Å². The van der Waals surface area contributed by atoms with Crippen LogP contribution in [0.25, 0.3) is 0 Å². The molecule has 0 aromatic heterocycles. The zero-order valence-corrected chi connectivity index (χ0v) is 8.47. The fraction of sp³-hybridized carbons (Fsp3) is 0.364. The highest BCUT2D eigenvalue weighted by atomic mass is 19.1. The summed E-state index contributed by atoms with van der Waals surface area (Å²) in [4.78, 5) is 10.9. The molecule has 1 rings (SSSR count). The molecule has 0 atom stereocenters. The molecular weight excluding hydrogens is 183 g/mol. The van der Waals surface area contributed by atoms with Crippen LogP contribution in [0, 0.1) is 5.82 Å². The Bertz CT molecular complexity index is 364. The maximum absolute atomic E-state index is 12.8. The quantitative estimate of drug-likeness (QED) is 0.749. The lowest BCUT2D eigenvalue weighted by Crippen LogP contribution is -2.17. The lowest BCUT2D eigenvalue weighted by atomic mass is 9.84. The molecule has 0 fully saturated rings. The number of hydrogen-bond donors (Lipinski definition) is 1. The van der Waals surface area contributed by atoms with E-state index >= 15 is 0 Å². The highest BCUT2D eigenvalue weighted by Crippen LogP contribution is 2.26. The maximum Gasteiger partial charge on any atom is 0.336 e. The Kier molecular flexibility index (Phi) is 2.60. The molecule has 76 valence electrons. The van der Waals surface area contributed by atoms with Gasteiger partial charge in [-0.15, -0.1) is 0 Å². The predicted molar refractivity (Wildman–Crippen MR) is 52.1 cm³/mol. The number of rotatable bonds is 1. The molecule has 0 spiro atoms. The lowest BCUT2D eigenvalue weighted by molar-refractivity contribution is 0.0693. The average Bonchev–Trinajstić information content (AvgIpc) is 2.01. The van der Waals surface area contributed by atoms with Gasteiger partial charge in [-0.25, -0.2) is 9.18 Å². The van der Waals surface area contributed by atoms with Crippen LogP contribution in [0.1, 0.15) is 36.7 Å². The van der Waals surface area contributed by atoms with Crippen molar-refractivity contribution in [3.63, 3.8) is 0 Å². The highest BCUT2D eigenvalue weighted by molar-refractivity contribution is 5.89. The van der Waals surface area contributed by atoms with Gasteiger partial charge in [0, 0.05) is 0 Å². The molecule has 0 radical (unpaired) electrons. The first-order valence-electron chi connectivity index (χ1n) is 4.35. The zero-order valence-electron chi connectivity index (χ0n) is 8.47. The number of aromatic carboxylic acids is 1. The number of halogens is 1. The van der Waals surface area contributed by atoms with Crippen LogP contribution >= 0.6 is 0 Å². The third-order valence-electron chi connectivity index (χ3n) is 2.02. The number of hydrogen-bond acceptors (Lipinski definition) is 1. The van der Waals surface area contributed by atoms with Gasteiger partial charge in [-0.2, -0.15) is 0 Å². The Morgan fingerprint density at radius 2 is 1.93 bits per heavy atom. The standard InChI is InChI=1S/C11H13FO2/c1-11(2,3)9-5-4-7(12)6-8(9)10(13)14/h4-6H,1-3H3,(H,13,14). The summed E-state index contributed by atoms with van der Waals surface area (Å²) in [6.07, 6.45) is 0. The van der Waals surface area contributed by atoms with Crippen LogP contribution in [-0.4, -0.2) is 11.1 Å². The van der Waals surface area contributed by atoms with Crippen molar-refractivity contribution in [2.45, 2.75) is 26.2 Å². The molecule has 1 N–H and O–H groups in total. The van der Waals surface area contributed by atoms with E-state index in [9.17, 15) is 9.18 Å². The van der Waals surface area contributed by atoms with Crippen molar-refractivity contribution in [2.75, 3.05) is 0 Å². The molecule has 1 aromatic carbocycles. The van der Waals surface area contributed by atoms with Gasteiger partial charge < -0.3 is 5.11 Å². The third-order valence-corrected chi connectivity index (χ3v) is 2.02. The van der Waals surface area contributed by atoms with E-state index in [1.54, 1.807) is 0 Å². The minimum atomic E-state index is -1.09. The largest absolute Gasteiger partial charge is 0.478 e. The number of carboxylic acid groups (broad SMARTS) is 1. The minimum absolute atomic E-state index is 0.0394. The zero-order chi connectivity index (χ0) is 10.9. The van der Waals surface area contributed by atoms with Gasteiger partial charge in [-0.1, -0.05) is 26.8 Å². The van der Waals surface area contributed by atoms with Crippen LogP contribution in [0.4, 0.5) is 4.39 Å². The van der Waals surface area contributed by atoms with Crippen molar-refractivity contribution in [1.82, 2.24) is 0 Å². The molecule has 0 unspecified atom stereocenters. The SMILES string of the molecule is CC(C)(C)c1ccc(F)cc1C(=O)O. The van der Waals surface area contributed by atoms with Gasteiger partial charge in [0.15, 0.2) is 0 Å². The first-order chi connectivity index (χ1) is 6.32. The van der Waals surface area contributed by atoms with E-state index in [-0.39, 0.29) is 11.0 Å². The molecule has 0 saturated heterocycles. The minimum Gasteiger partial charge on any atom is -0.478 e. The first-order valence-corrected chi connectivity index (χ1v) is 4.35. The van der Waals surface area contributed by atoms with Gasteiger partial charge in [0.05, 0.1) is 5.56 Å². The van der Waals surface area contributed by atoms with Gasteiger partial charge in [0.1, 0.15) is 5.82 Å². The fourth-order valence-corrected chi connectivity index (χ4v) is 1.35. The van der Waals surface area contributed by atoms with Gasteiger partial charge >= 0.3 is 5.97 Å². The summed E-state index contributed by atoms with van der Waals surface area (Å²) in [5.74, 6) is -1.61. The van der Waals surface area contributed by atoms with Crippen molar-refractivity contribution in [2.24, 2.45) is 0 Å². The second-order valence-corrected chi connectivity index (χ2v) is 4.25. The molecule has 2 nitrogen and oxygen atoms in total. The number of benzene rings is 1. The molecule has 0 heterocycles. The van der Waals surface area contributed by atoms with E-state index in [2.05, 4.69) is 0 Å². The van der Waals surface area contributed by atoms with Crippen LogP contribution in [0.2, 0.25) is 0 Å². The third kappa shape index (κ3) is 2.10. The number of carbonyl (C=O) groups is 1. The van der Waals surface area contributed by atoms with E-state index in [1.165, 1.54) is 12.1 Å². The first kappa shape index (κ1) is 10.7. The van der Waals surface area contributed by atoms with Crippen LogP contribution < -0.4 is 0 Å². The Morgan fingerprint density at radius 1 is 1.36 bits per heavy atom. The van der Waals surface area contributed by atoms with E-state index in [0.717, 1.165) is 6.07 Å². The van der Waals surface area contributed by atoms with Gasteiger partial charge in [-0.05, 0) is 23.1 Å².